The van der Waals surface area contributed by atoms with E-state index in [1.54, 1.807) is 18.4 Å². The first-order valence-electron chi connectivity index (χ1n) is 8.74. The third kappa shape index (κ3) is 2.56. The molecule has 5 rings (SSSR count). The molecule has 0 spiro atoms. The van der Waals surface area contributed by atoms with Gasteiger partial charge < -0.3 is 9.73 Å². The maximum Gasteiger partial charge on any atom is 0.270 e. The van der Waals surface area contributed by atoms with Crippen LogP contribution >= 0.6 is 11.6 Å². The van der Waals surface area contributed by atoms with Gasteiger partial charge in [-0.05, 0) is 36.2 Å². The maximum atomic E-state index is 13.1. The molecule has 0 saturated carbocycles. The predicted molar refractivity (Wildman–Crippen MR) is 101 cm³/mol. The SMILES string of the molecule is O=C1C[C@@H](c2ccco2)CC2=C1[C@H](c1ccc(Cl)cc1)c1c([nH][nH]c1=O)N2. The van der Waals surface area contributed by atoms with Crippen LogP contribution in [-0.2, 0) is 4.79 Å². The smallest absolute Gasteiger partial charge is 0.270 e. The van der Waals surface area contributed by atoms with Gasteiger partial charge in [0.05, 0.1) is 11.8 Å². The highest BCUT2D eigenvalue weighted by molar-refractivity contribution is 6.30. The molecule has 0 bridgehead atoms. The van der Waals surface area contributed by atoms with Crippen LogP contribution < -0.4 is 10.9 Å². The molecule has 3 heterocycles. The minimum absolute atomic E-state index is 0.0168. The summed E-state index contributed by atoms with van der Waals surface area (Å²) < 4.78 is 5.52. The van der Waals surface area contributed by atoms with Crippen LogP contribution in [0, 0.1) is 0 Å². The standard InChI is InChI=1S/C20H16ClN3O3/c21-12-5-3-10(4-6-12)16-17-13(22-19-18(16)20(26)24-23-19)8-11(9-14(17)25)15-2-1-7-27-15/h1-7,11,16H,8-9H2,(H3,22,23,24,26)/t11-,16-/m0/s1. The first-order valence-corrected chi connectivity index (χ1v) is 9.12. The van der Waals surface area contributed by atoms with Crippen LogP contribution in [0.25, 0.3) is 0 Å². The molecule has 1 aliphatic carbocycles. The Kier molecular flexibility index (Phi) is 3.62. The molecule has 2 atom stereocenters. The average molecular weight is 382 g/mol. The molecular weight excluding hydrogens is 366 g/mol. The Bertz CT molecular complexity index is 1110. The number of fused-ring (bicyclic) bond motifs is 1. The second-order valence-electron chi connectivity index (χ2n) is 6.91. The van der Waals surface area contributed by atoms with Crippen molar-refractivity contribution in [1.29, 1.82) is 0 Å². The van der Waals surface area contributed by atoms with Crippen molar-refractivity contribution in [2.24, 2.45) is 0 Å². The first-order chi connectivity index (χ1) is 13.1. The summed E-state index contributed by atoms with van der Waals surface area (Å²) in [6.45, 7) is 0. The Morgan fingerprint density at radius 2 is 1.85 bits per heavy atom. The van der Waals surface area contributed by atoms with E-state index in [1.807, 2.05) is 24.3 Å². The Balaban J connectivity index is 1.65. The van der Waals surface area contributed by atoms with E-state index in [2.05, 4.69) is 15.5 Å². The van der Waals surface area contributed by atoms with Gasteiger partial charge >= 0.3 is 0 Å². The number of halogens is 1. The summed E-state index contributed by atoms with van der Waals surface area (Å²) in [5.41, 5.74) is 2.64. The Labute approximate surface area is 159 Å². The number of Topliss-reactive ketones (excluding diaryl/α,β-unsaturated/α-hetero) is 1. The van der Waals surface area contributed by atoms with E-state index >= 15 is 0 Å². The van der Waals surface area contributed by atoms with Crippen LogP contribution in [0.4, 0.5) is 5.82 Å². The molecule has 0 fully saturated rings. The van der Waals surface area contributed by atoms with Crippen molar-refractivity contribution in [3.8, 4) is 0 Å². The zero-order valence-corrected chi connectivity index (χ0v) is 15.0. The third-order valence-corrected chi connectivity index (χ3v) is 5.58. The van der Waals surface area contributed by atoms with Crippen molar-refractivity contribution in [2.45, 2.75) is 24.7 Å². The molecule has 1 aliphatic heterocycles. The number of rotatable bonds is 2. The number of aromatic amines is 2. The molecule has 3 aromatic rings. The van der Waals surface area contributed by atoms with Crippen molar-refractivity contribution < 1.29 is 9.21 Å². The number of hydrogen-bond donors (Lipinski definition) is 3. The Morgan fingerprint density at radius 3 is 2.59 bits per heavy atom. The van der Waals surface area contributed by atoms with E-state index in [0.29, 0.717) is 34.8 Å². The van der Waals surface area contributed by atoms with Gasteiger partial charge in [0.2, 0.25) is 0 Å². The molecule has 2 aliphatic rings. The molecule has 7 heteroatoms. The van der Waals surface area contributed by atoms with Crippen LogP contribution in [0.1, 0.15) is 41.6 Å². The summed E-state index contributed by atoms with van der Waals surface area (Å²) in [6, 6.07) is 11.0. The fraction of sp³-hybridized carbons (Fsp3) is 0.200. The fourth-order valence-electron chi connectivity index (χ4n) is 4.13. The number of allylic oxidation sites excluding steroid dienone is 2. The number of ketones is 1. The predicted octanol–water partition coefficient (Wildman–Crippen LogP) is 3.91. The Morgan fingerprint density at radius 1 is 1.04 bits per heavy atom. The van der Waals surface area contributed by atoms with Gasteiger partial charge in [-0.3, -0.25) is 19.8 Å². The summed E-state index contributed by atoms with van der Waals surface area (Å²) in [4.78, 5) is 25.6. The lowest BCUT2D eigenvalue weighted by Gasteiger charge is -2.33. The summed E-state index contributed by atoms with van der Waals surface area (Å²) in [5.74, 6) is 0.987. The molecule has 136 valence electrons. The number of hydrogen-bond acceptors (Lipinski definition) is 4. The lowest BCUT2D eigenvalue weighted by atomic mass is 9.74. The van der Waals surface area contributed by atoms with Crippen molar-refractivity contribution in [3.05, 3.63) is 86.2 Å². The van der Waals surface area contributed by atoms with Crippen molar-refractivity contribution in [2.75, 3.05) is 5.32 Å². The second-order valence-corrected chi connectivity index (χ2v) is 7.35. The summed E-state index contributed by atoms with van der Waals surface area (Å²) in [7, 11) is 0. The van der Waals surface area contributed by atoms with Crippen LogP contribution in [-0.4, -0.2) is 16.0 Å². The van der Waals surface area contributed by atoms with E-state index in [4.69, 9.17) is 16.0 Å². The van der Waals surface area contributed by atoms with Gasteiger partial charge in [0.1, 0.15) is 11.6 Å². The molecule has 3 N–H and O–H groups in total. The number of anilines is 1. The van der Waals surface area contributed by atoms with Crippen LogP contribution in [0.3, 0.4) is 0 Å². The third-order valence-electron chi connectivity index (χ3n) is 5.32. The van der Waals surface area contributed by atoms with Gasteiger partial charge in [-0.25, -0.2) is 0 Å². The van der Waals surface area contributed by atoms with Crippen LogP contribution in [0.2, 0.25) is 5.02 Å². The first kappa shape index (κ1) is 16.2. The topological polar surface area (TPSA) is 90.9 Å². The quantitative estimate of drug-likeness (QED) is 0.627. The number of aromatic nitrogens is 2. The number of nitrogens with one attached hydrogen (secondary N) is 3. The summed E-state index contributed by atoms with van der Waals surface area (Å²) >= 11 is 6.03. The van der Waals surface area contributed by atoms with E-state index in [9.17, 15) is 9.59 Å². The van der Waals surface area contributed by atoms with E-state index in [0.717, 1.165) is 17.0 Å². The molecule has 27 heavy (non-hydrogen) atoms. The minimum atomic E-state index is -0.423. The number of benzene rings is 1. The van der Waals surface area contributed by atoms with Crippen LogP contribution in [0.5, 0.6) is 0 Å². The highest BCUT2D eigenvalue weighted by atomic mass is 35.5. The maximum absolute atomic E-state index is 13.1. The van der Waals surface area contributed by atoms with Crippen molar-refractivity contribution in [1.82, 2.24) is 10.2 Å². The van der Waals surface area contributed by atoms with E-state index in [-0.39, 0.29) is 17.3 Å². The summed E-state index contributed by atoms with van der Waals surface area (Å²) in [5, 5.41) is 9.39. The zero-order chi connectivity index (χ0) is 18.5. The number of furan rings is 1. The molecule has 0 amide bonds. The normalized spacial score (nSPS) is 21.6. The molecular formula is C20H16ClN3O3. The monoisotopic (exact) mass is 381 g/mol. The lowest BCUT2D eigenvalue weighted by Crippen LogP contribution is -2.31. The van der Waals surface area contributed by atoms with Gasteiger partial charge in [0.25, 0.3) is 5.56 Å². The minimum Gasteiger partial charge on any atom is -0.469 e. The highest BCUT2D eigenvalue weighted by Gasteiger charge is 2.40. The average Bonchev–Trinajstić information content (AvgIpc) is 3.31. The lowest BCUT2D eigenvalue weighted by molar-refractivity contribution is -0.116. The number of H-pyrrole nitrogens is 2. The number of carbonyl (C=O) groups is 1. The summed E-state index contributed by atoms with van der Waals surface area (Å²) in [6.07, 6.45) is 2.62. The molecule has 0 unspecified atom stereocenters. The van der Waals surface area contributed by atoms with Gasteiger partial charge in [-0.1, -0.05) is 23.7 Å². The second kappa shape index (κ2) is 6.03. The molecule has 6 nitrogen and oxygen atoms in total. The number of carbonyl (C=O) groups excluding carboxylic acids is 1. The fourth-order valence-corrected chi connectivity index (χ4v) is 4.26. The molecule has 2 aromatic heterocycles. The van der Waals surface area contributed by atoms with Gasteiger partial charge in [-0.2, -0.15) is 0 Å². The Hall–Kier alpha value is -2.99. The van der Waals surface area contributed by atoms with Crippen molar-refractivity contribution >= 4 is 23.2 Å². The molecule has 0 saturated heterocycles. The molecule has 0 radical (unpaired) electrons. The van der Waals surface area contributed by atoms with E-state index in [1.165, 1.54) is 0 Å². The van der Waals surface area contributed by atoms with Gasteiger partial charge in [0, 0.05) is 34.5 Å². The zero-order valence-electron chi connectivity index (χ0n) is 14.2. The van der Waals surface area contributed by atoms with E-state index < -0.39 is 5.92 Å². The van der Waals surface area contributed by atoms with Gasteiger partial charge in [0.15, 0.2) is 5.78 Å². The largest absolute Gasteiger partial charge is 0.469 e. The van der Waals surface area contributed by atoms with Crippen LogP contribution in [0.15, 0.2) is 63.1 Å². The van der Waals surface area contributed by atoms with Crippen molar-refractivity contribution in [3.63, 3.8) is 0 Å². The highest BCUT2D eigenvalue weighted by Crippen LogP contribution is 2.46. The van der Waals surface area contributed by atoms with Gasteiger partial charge in [-0.15, -0.1) is 0 Å². The molecule has 1 aromatic carbocycles.